The molecule has 1 unspecified atom stereocenters. The Labute approximate surface area is 241 Å². The molecular weight excluding hydrogens is 589 g/mol. The topological polar surface area (TPSA) is 51.2 Å². The molecule has 0 saturated carbocycles. The maximum absolute atomic E-state index is 14.8. The largest absolute Gasteiger partial charge is 0.430 e. The second-order valence-electron chi connectivity index (χ2n) is 9.36. The Morgan fingerprint density at radius 3 is 1.95 bits per heavy atom. The van der Waals surface area contributed by atoms with Crippen molar-refractivity contribution in [2.24, 2.45) is 0 Å². The van der Waals surface area contributed by atoms with Crippen molar-refractivity contribution in [2.45, 2.75) is 29.9 Å². The summed E-state index contributed by atoms with van der Waals surface area (Å²) in [6, 6.07) is 18.0. The monoisotopic (exact) mass is 610 g/mol. The second kappa shape index (κ2) is 11.7. The number of carbonyl (C=O) groups is 1. The van der Waals surface area contributed by atoms with Crippen LogP contribution in [-0.2, 0) is 33.3 Å². The van der Waals surface area contributed by atoms with Crippen molar-refractivity contribution in [1.82, 2.24) is 10.3 Å². The highest BCUT2D eigenvalue weighted by atomic mass is 35.5. The van der Waals surface area contributed by atoms with E-state index in [2.05, 4.69) is 10.3 Å². The average molecular weight is 611 g/mol. The van der Waals surface area contributed by atoms with Gasteiger partial charge in [0.2, 0.25) is 0 Å². The summed E-state index contributed by atoms with van der Waals surface area (Å²) in [4.78, 5) is 18.2. The van der Waals surface area contributed by atoms with Crippen molar-refractivity contribution in [3.05, 3.63) is 136 Å². The normalized spacial score (nSPS) is 15.0. The molecule has 1 N–H and O–H groups in total. The summed E-state index contributed by atoms with van der Waals surface area (Å²) in [7, 11) is 0.684. The van der Waals surface area contributed by atoms with Crippen LogP contribution in [0.25, 0.3) is 0 Å². The first-order valence-corrected chi connectivity index (χ1v) is 12.6. The first-order valence-electron chi connectivity index (χ1n) is 12.3. The van der Waals surface area contributed by atoms with E-state index in [0.717, 1.165) is 18.3 Å². The van der Waals surface area contributed by atoms with Gasteiger partial charge in [-0.15, -0.1) is 0 Å². The minimum atomic E-state index is -5.35. The number of benzene rings is 3. The third kappa shape index (κ3) is 5.98. The Kier molecular flexibility index (Phi) is 8.65. The Morgan fingerprint density at radius 2 is 1.43 bits per heavy atom. The molecule has 0 aliphatic carbocycles. The molecule has 4 aromatic rings. The maximum atomic E-state index is 14.8. The molecule has 0 spiro atoms. The number of pyridine rings is 1. The van der Waals surface area contributed by atoms with E-state index in [1.807, 2.05) is 0 Å². The predicted molar refractivity (Wildman–Crippen MR) is 141 cm³/mol. The SMILES string of the molecule is COC(C(=O)N[C@@](Cc1ccccc1)(c1cc(F)cc(C(F)(F)F)c1)c1ccc(Cl)cn1)(c1ccccc1)C(F)(F)F. The quantitative estimate of drug-likeness (QED) is 0.209. The molecule has 2 atom stereocenters. The number of aromatic nitrogens is 1. The first kappa shape index (κ1) is 31.0. The number of methoxy groups -OCH3 is 1. The number of alkyl halides is 6. The van der Waals surface area contributed by atoms with Crippen molar-refractivity contribution in [3.63, 3.8) is 0 Å². The summed E-state index contributed by atoms with van der Waals surface area (Å²) >= 11 is 5.99. The third-order valence-corrected chi connectivity index (χ3v) is 6.95. The van der Waals surface area contributed by atoms with E-state index in [1.165, 1.54) is 30.3 Å². The van der Waals surface area contributed by atoms with E-state index in [4.69, 9.17) is 16.3 Å². The second-order valence-corrected chi connectivity index (χ2v) is 9.80. The lowest BCUT2D eigenvalue weighted by atomic mass is 9.78. The first-order chi connectivity index (χ1) is 19.7. The fourth-order valence-corrected chi connectivity index (χ4v) is 4.87. The van der Waals surface area contributed by atoms with Gasteiger partial charge in [0.1, 0.15) is 11.4 Å². The number of hydrogen-bond donors (Lipinski definition) is 1. The Hall–Kier alpha value is -3.96. The van der Waals surface area contributed by atoms with Crippen LogP contribution >= 0.6 is 11.6 Å². The smallest absolute Gasteiger partial charge is 0.356 e. The van der Waals surface area contributed by atoms with Crippen LogP contribution in [0.15, 0.2) is 97.2 Å². The van der Waals surface area contributed by atoms with Gasteiger partial charge in [-0.1, -0.05) is 72.3 Å². The average Bonchev–Trinajstić information content (AvgIpc) is 2.93. The number of ether oxygens (including phenoxy) is 1. The molecule has 1 aromatic heterocycles. The molecule has 0 saturated heterocycles. The molecule has 0 aliphatic rings. The van der Waals surface area contributed by atoms with Crippen molar-refractivity contribution in [2.75, 3.05) is 7.11 Å². The van der Waals surface area contributed by atoms with E-state index in [0.29, 0.717) is 24.8 Å². The van der Waals surface area contributed by atoms with Crippen LogP contribution < -0.4 is 5.32 Å². The fourth-order valence-electron chi connectivity index (χ4n) is 4.76. The van der Waals surface area contributed by atoms with Gasteiger partial charge in [-0.25, -0.2) is 4.39 Å². The molecule has 3 aromatic carbocycles. The van der Waals surface area contributed by atoms with Crippen LogP contribution in [0.4, 0.5) is 30.7 Å². The van der Waals surface area contributed by atoms with Crippen molar-refractivity contribution < 1.29 is 40.3 Å². The molecule has 1 heterocycles. The van der Waals surface area contributed by atoms with E-state index in [9.17, 15) is 35.5 Å². The van der Waals surface area contributed by atoms with Crippen LogP contribution in [0.2, 0.25) is 5.02 Å². The highest BCUT2D eigenvalue weighted by Gasteiger charge is 2.64. The van der Waals surface area contributed by atoms with Crippen molar-refractivity contribution >= 4 is 17.5 Å². The highest BCUT2D eigenvalue weighted by Crippen LogP contribution is 2.44. The number of rotatable bonds is 8. The number of nitrogens with zero attached hydrogens (tertiary/aromatic N) is 1. The minimum absolute atomic E-state index is 0.0970. The van der Waals surface area contributed by atoms with E-state index in [1.54, 1.807) is 30.3 Å². The van der Waals surface area contributed by atoms with Crippen molar-refractivity contribution in [1.29, 1.82) is 0 Å². The third-order valence-electron chi connectivity index (χ3n) is 6.73. The number of hydrogen-bond acceptors (Lipinski definition) is 3. The van der Waals surface area contributed by atoms with Gasteiger partial charge in [-0.05, 0) is 41.5 Å². The molecule has 0 fully saturated rings. The van der Waals surface area contributed by atoms with E-state index in [-0.39, 0.29) is 16.8 Å². The number of amides is 1. The van der Waals surface area contributed by atoms with Gasteiger partial charge < -0.3 is 10.1 Å². The zero-order valence-electron chi connectivity index (χ0n) is 21.7. The zero-order chi connectivity index (χ0) is 30.8. The van der Waals surface area contributed by atoms with Crippen LogP contribution in [0.5, 0.6) is 0 Å². The van der Waals surface area contributed by atoms with Gasteiger partial charge in [0, 0.05) is 25.3 Å². The fraction of sp³-hybridized carbons (Fsp3) is 0.200. The van der Waals surface area contributed by atoms with Gasteiger partial charge in [-0.3, -0.25) is 9.78 Å². The molecule has 4 nitrogen and oxygen atoms in total. The maximum Gasteiger partial charge on any atom is 0.430 e. The Morgan fingerprint density at radius 1 is 0.833 bits per heavy atom. The van der Waals surface area contributed by atoms with Gasteiger partial charge in [-0.2, -0.15) is 26.3 Å². The standard InChI is InChI=1S/C30H22ClF7N2O2/c1-42-28(30(36,37)38,20-10-6-3-7-11-20)26(41)40-27(17-19-8-4-2-5-9-19,25-13-12-23(31)18-39-25)21-14-22(29(33,34)35)16-24(32)15-21/h2-16,18H,17H2,1H3,(H,40,41)/t27-,28?/m0/s1. The lowest BCUT2D eigenvalue weighted by Crippen LogP contribution is -2.61. The van der Waals surface area contributed by atoms with Crippen molar-refractivity contribution in [3.8, 4) is 0 Å². The van der Waals surface area contributed by atoms with Gasteiger partial charge in [0.15, 0.2) is 0 Å². The molecule has 0 bridgehead atoms. The minimum Gasteiger partial charge on any atom is -0.356 e. The summed E-state index contributed by atoms with van der Waals surface area (Å²) < 4.78 is 106. The van der Waals surface area contributed by atoms with E-state index >= 15 is 0 Å². The summed E-state index contributed by atoms with van der Waals surface area (Å²) in [5, 5.41) is 2.41. The van der Waals surface area contributed by atoms with Gasteiger partial charge in [0.05, 0.1) is 16.3 Å². The summed E-state index contributed by atoms with van der Waals surface area (Å²) in [6.07, 6.45) is -9.70. The predicted octanol–water partition coefficient (Wildman–Crippen LogP) is 7.60. The highest BCUT2D eigenvalue weighted by molar-refractivity contribution is 6.30. The molecule has 4 rings (SSSR count). The van der Waals surface area contributed by atoms with Crippen LogP contribution in [0.3, 0.4) is 0 Å². The summed E-state index contributed by atoms with van der Waals surface area (Å²) in [5.74, 6) is -3.11. The molecule has 220 valence electrons. The van der Waals surface area contributed by atoms with Gasteiger partial charge >= 0.3 is 12.4 Å². The zero-order valence-corrected chi connectivity index (χ0v) is 22.5. The Bertz CT molecular complexity index is 1530. The molecule has 42 heavy (non-hydrogen) atoms. The number of nitrogens with one attached hydrogen (secondary N) is 1. The molecular formula is C30H22ClF7N2O2. The summed E-state index contributed by atoms with van der Waals surface area (Å²) in [6.45, 7) is 0. The lowest BCUT2D eigenvalue weighted by molar-refractivity contribution is -0.266. The molecule has 0 radical (unpaired) electrons. The van der Waals surface area contributed by atoms with Crippen LogP contribution in [-0.4, -0.2) is 24.2 Å². The molecule has 12 heteroatoms. The molecule has 1 amide bonds. The van der Waals surface area contributed by atoms with Gasteiger partial charge in [0.25, 0.3) is 11.5 Å². The Balaban J connectivity index is 2.06. The molecule has 0 aliphatic heterocycles. The number of carbonyl (C=O) groups excluding carboxylic acids is 1. The summed E-state index contributed by atoms with van der Waals surface area (Å²) in [5.41, 5.74) is -8.25. The van der Waals surface area contributed by atoms with Crippen LogP contribution in [0.1, 0.15) is 27.9 Å². The van der Waals surface area contributed by atoms with E-state index < -0.39 is 58.3 Å². The van der Waals surface area contributed by atoms with Crippen LogP contribution in [0, 0.1) is 5.82 Å². The lowest BCUT2D eigenvalue weighted by Gasteiger charge is -2.40. The number of halogens is 8.